The minimum Gasteiger partial charge on any atom is -0.477 e. The number of aromatic amines is 1. The van der Waals surface area contributed by atoms with E-state index in [1.807, 2.05) is 0 Å². The van der Waals surface area contributed by atoms with Crippen molar-refractivity contribution >= 4 is 17.0 Å². The number of nitrogen functional groups attached to an aromatic ring is 1. The fourth-order valence-corrected chi connectivity index (χ4v) is 1.17. The Morgan fingerprint density at radius 1 is 1.47 bits per heavy atom. The highest BCUT2D eigenvalue weighted by atomic mass is 16.5. The molecule has 2 aromatic heterocycles. The summed E-state index contributed by atoms with van der Waals surface area (Å²) < 4.78 is 5.35. The summed E-state index contributed by atoms with van der Waals surface area (Å²) in [4.78, 5) is 7.89. The van der Waals surface area contributed by atoms with Gasteiger partial charge in [-0.05, 0) is 0 Å². The molecule has 7 heteroatoms. The average Bonchev–Trinajstić information content (AvgIpc) is 2.65. The van der Waals surface area contributed by atoms with Gasteiger partial charge in [-0.15, -0.1) is 0 Å². The van der Waals surface area contributed by atoms with Gasteiger partial charge in [0.05, 0.1) is 12.8 Å². The van der Waals surface area contributed by atoms with Gasteiger partial charge in [-0.2, -0.15) is 15.1 Å². The van der Waals surface area contributed by atoms with Crippen molar-refractivity contribution in [1.82, 2.24) is 20.2 Å². The summed E-state index contributed by atoms with van der Waals surface area (Å²) in [6.45, 7) is 0.461. The number of nitrogens with two attached hydrogens (primary N) is 1. The fraction of sp³-hybridized carbons (Fsp3) is 0.375. The maximum Gasteiger partial charge on any atom is 0.229 e. The van der Waals surface area contributed by atoms with E-state index < -0.39 is 0 Å². The fourth-order valence-electron chi connectivity index (χ4n) is 1.17. The van der Waals surface area contributed by atoms with Crippen LogP contribution in [0.1, 0.15) is 6.42 Å². The lowest BCUT2D eigenvalue weighted by molar-refractivity contribution is 0.231. The second-order valence-electron chi connectivity index (χ2n) is 2.94. The van der Waals surface area contributed by atoms with E-state index >= 15 is 0 Å². The second kappa shape index (κ2) is 4.09. The van der Waals surface area contributed by atoms with Crippen molar-refractivity contribution in [2.75, 3.05) is 18.9 Å². The van der Waals surface area contributed by atoms with Crippen LogP contribution >= 0.6 is 0 Å². The molecule has 2 heterocycles. The van der Waals surface area contributed by atoms with Crippen LogP contribution in [0.25, 0.3) is 11.0 Å². The van der Waals surface area contributed by atoms with Crippen LogP contribution in [0.4, 0.5) is 5.95 Å². The molecule has 0 aliphatic heterocycles. The Morgan fingerprint density at radius 2 is 2.33 bits per heavy atom. The van der Waals surface area contributed by atoms with Gasteiger partial charge < -0.3 is 15.6 Å². The zero-order chi connectivity index (χ0) is 10.7. The molecule has 0 aromatic carbocycles. The first kappa shape index (κ1) is 9.66. The van der Waals surface area contributed by atoms with Crippen molar-refractivity contribution in [2.45, 2.75) is 6.42 Å². The highest BCUT2D eigenvalue weighted by molar-refractivity contribution is 5.80. The lowest BCUT2D eigenvalue weighted by Crippen LogP contribution is -2.04. The number of aromatic nitrogens is 4. The van der Waals surface area contributed by atoms with Crippen molar-refractivity contribution in [3.8, 4) is 5.88 Å². The zero-order valence-electron chi connectivity index (χ0n) is 7.97. The van der Waals surface area contributed by atoms with Crippen molar-refractivity contribution in [1.29, 1.82) is 0 Å². The SMILES string of the molecule is Nc1nc(OCCCO)c2cn[nH]c2n1. The van der Waals surface area contributed by atoms with Crippen LogP contribution < -0.4 is 10.5 Å². The molecule has 0 atom stereocenters. The molecule has 7 nitrogen and oxygen atoms in total. The summed E-state index contributed by atoms with van der Waals surface area (Å²) in [7, 11) is 0. The molecule has 0 bridgehead atoms. The number of aliphatic hydroxyl groups excluding tert-OH is 1. The van der Waals surface area contributed by atoms with Gasteiger partial charge in [-0.1, -0.05) is 0 Å². The van der Waals surface area contributed by atoms with Crippen LogP contribution in [0, 0.1) is 0 Å². The number of nitrogens with one attached hydrogen (secondary N) is 1. The first-order valence-corrected chi connectivity index (χ1v) is 4.51. The quantitative estimate of drug-likeness (QED) is 0.596. The lowest BCUT2D eigenvalue weighted by atomic mass is 10.4. The minimum atomic E-state index is 0.0785. The highest BCUT2D eigenvalue weighted by Gasteiger charge is 2.08. The first-order chi connectivity index (χ1) is 7.31. The van der Waals surface area contributed by atoms with Crippen LogP contribution in [0.2, 0.25) is 0 Å². The smallest absolute Gasteiger partial charge is 0.229 e. The number of hydrogen-bond donors (Lipinski definition) is 3. The van der Waals surface area contributed by atoms with Crippen LogP contribution in [0.3, 0.4) is 0 Å². The average molecular weight is 209 g/mol. The number of H-pyrrole nitrogens is 1. The zero-order valence-corrected chi connectivity index (χ0v) is 7.97. The van der Waals surface area contributed by atoms with Crippen molar-refractivity contribution in [3.05, 3.63) is 6.20 Å². The maximum absolute atomic E-state index is 8.62. The van der Waals surface area contributed by atoms with E-state index in [-0.39, 0.29) is 12.6 Å². The van der Waals surface area contributed by atoms with Gasteiger partial charge in [0.15, 0.2) is 5.65 Å². The number of ether oxygens (including phenoxy) is 1. The molecule has 2 aromatic rings. The second-order valence-corrected chi connectivity index (χ2v) is 2.94. The Kier molecular flexibility index (Phi) is 2.64. The van der Waals surface area contributed by atoms with Crippen LogP contribution in [0.15, 0.2) is 6.20 Å². The van der Waals surface area contributed by atoms with Crippen molar-refractivity contribution in [3.63, 3.8) is 0 Å². The maximum atomic E-state index is 8.62. The Morgan fingerprint density at radius 3 is 3.13 bits per heavy atom. The Bertz CT molecular complexity index is 455. The van der Waals surface area contributed by atoms with Crippen LogP contribution in [-0.2, 0) is 0 Å². The molecule has 4 N–H and O–H groups in total. The lowest BCUT2D eigenvalue weighted by Gasteiger charge is -2.04. The third-order valence-electron chi connectivity index (χ3n) is 1.83. The number of aliphatic hydroxyl groups is 1. The van der Waals surface area contributed by atoms with Gasteiger partial charge in [-0.3, -0.25) is 5.10 Å². The van der Waals surface area contributed by atoms with Gasteiger partial charge >= 0.3 is 0 Å². The molecule has 0 amide bonds. The summed E-state index contributed by atoms with van der Waals surface area (Å²) in [5, 5.41) is 15.8. The molecule has 0 fully saturated rings. The summed E-state index contributed by atoms with van der Waals surface area (Å²) in [5.41, 5.74) is 6.03. The summed E-state index contributed by atoms with van der Waals surface area (Å²) >= 11 is 0. The molecule has 0 radical (unpaired) electrons. The van der Waals surface area contributed by atoms with Gasteiger partial charge in [0.1, 0.15) is 5.39 Å². The third-order valence-corrected chi connectivity index (χ3v) is 1.83. The van der Waals surface area contributed by atoms with Crippen LogP contribution in [0.5, 0.6) is 5.88 Å². The highest BCUT2D eigenvalue weighted by Crippen LogP contribution is 2.20. The van der Waals surface area contributed by atoms with Gasteiger partial charge in [0.2, 0.25) is 11.8 Å². The molecule has 0 aliphatic carbocycles. The van der Waals surface area contributed by atoms with Gasteiger partial charge in [-0.25, -0.2) is 0 Å². The van der Waals surface area contributed by atoms with E-state index in [0.29, 0.717) is 29.9 Å². The van der Waals surface area contributed by atoms with E-state index in [1.165, 1.54) is 0 Å². The number of fused-ring (bicyclic) bond motifs is 1. The Labute approximate surface area is 85.3 Å². The van der Waals surface area contributed by atoms with E-state index in [0.717, 1.165) is 0 Å². The number of rotatable bonds is 4. The molecular formula is C8H11N5O2. The standard InChI is InChI=1S/C8H11N5O2/c9-8-11-6-5(4-10-13-6)7(12-8)15-3-1-2-14/h4,14H,1-3H2,(H3,9,10,11,12,13). The van der Waals surface area contributed by atoms with E-state index in [1.54, 1.807) is 6.20 Å². The minimum absolute atomic E-state index is 0.0785. The third kappa shape index (κ3) is 1.96. The van der Waals surface area contributed by atoms with Crippen molar-refractivity contribution in [2.24, 2.45) is 0 Å². The van der Waals surface area contributed by atoms with E-state index in [4.69, 9.17) is 15.6 Å². The van der Waals surface area contributed by atoms with Crippen LogP contribution in [-0.4, -0.2) is 38.5 Å². The van der Waals surface area contributed by atoms with Gasteiger partial charge in [0, 0.05) is 13.0 Å². The molecule has 15 heavy (non-hydrogen) atoms. The Balaban J connectivity index is 2.27. The molecule has 2 rings (SSSR count). The molecule has 0 spiro atoms. The predicted molar refractivity (Wildman–Crippen MR) is 53.3 cm³/mol. The van der Waals surface area contributed by atoms with Gasteiger partial charge in [0.25, 0.3) is 0 Å². The number of nitrogens with zero attached hydrogens (tertiary/aromatic N) is 3. The molecule has 0 unspecified atom stereocenters. The largest absolute Gasteiger partial charge is 0.477 e. The normalized spacial score (nSPS) is 10.7. The molecule has 0 saturated heterocycles. The molecule has 0 aliphatic rings. The monoisotopic (exact) mass is 209 g/mol. The summed E-state index contributed by atoms with van der Waals surface area (Å²) in [6.07, 6.45) is 2.12. The predicted octanol–water partition coefficient (Wildman–Crippen LogP) is -0.304. The molecule has 0 saturated carbocycles. The Hall–Kier alpha value is -1.89. The van der Waals surface area contributed by atoms with E-state index in [2.05, 4.69) is 20.2 Å². The van der Waals surface area contributed by atoms with Crippen molar-refractivity contribution < 1.29 is 9.84 Å². The topological polar surface area (TPSA) is 110 Å². The first-order valence-electron chi connectivity index (χ1n) is 4.51. The summed E-state index contributed by atoms with van der Waals surface area (Å²) in [6, 6.07) is 0. The molecule has 80 valence electrons. The number of anilines is 1. The number of hydrogen-bond acceptors (Lipinski definition) is 6. The van der Waals surface area contributed by atoms with E-state index in [9.17, 15) is 0 Å². The summed E-state index contributed by atoms with van der Waals surface area (Å²) in [5.74, 6) is 0.519. The molecular weight excluding hydrogens is 198 g/mol.